The molecule has 0 spiro atoms. The summed E-state index contributed by atoms with van der Waals surface area (Å²) in [5.74, 6) is -0.242. The lowest BCUT2D eigenvalue weighted by atomic mass is 10.4. The Balaban J connectivity index is 1.96. The summed E-state index contributed by atoms with van der Waals surface area (Å²) in [5.41, 5.74) is 0. The number of aromatic carboxylic acids is 1. The number of carboxylic acid groups (broad SMARTS) is 1. The van der Waals surface area contributed by atoms with Crippen LogP contribution in [0.1, 0.15) is 14.5 Å². The van der Waals surface area contributed by atoms with Crippen LogP contribution in [0.3, 0.4) is 0 Å². The predicted molar refractivity (Wildman–Crippen MR) is 55.0 cm³/mol. The van der Waals surface area contributed by atoms with Crippen molar-refractivity contribution in [1.82, 2.24) is 20.6 Å². The van der Waals surface area contributed by atoms with Crippen LogP contribution in [0, 0.1) is 0 Å². The summed E-state index contributed by atoms with van der Waals surface area (Å²) in [6.45, 7) is 0. The topological polar surface area (TPSA) is 91.8 Å². The van der Waals surface area contributed by atoms with Crippen LogP contribution in [0.5, 0.6) is 0 Å². The number of thiophene rings is 1. The SMILES string of the molecule is O=C(O)c1ccc(CSc2nn[nH]n2)s1. The average molecular weight is 242 g/mol. The maximum atomic E-state index is 10.6. The van der Waals surface area contributed by atoms with Crippen LogP contribution in [0.25, 0.3) is 0 Å². The van der Waals surface area contributed by atoms with Crippen LogP contribution < -0.4 is 0 Å². The first kappa shape index (κ1) is 10.1. The van der Waals surface area contributed by atoms with Gasteiger partial charge in [0, 0.05) is 10.6 Å². The summed E-state index contributed by atoms with van der Waals surface area (Å²) < 4.78 is 0. The number of hydrogen-bond acceptors (Lipinski definition) is 6. The zero-order chi connectivity index (χ0) is 10.7. The first-order valence-electron chi connectivity index (χ1n) is 3.94. The van der Waals surface area contributed by atoms with Gasteiger partial charge in [-0.2, -0.15) is 5.21 Å². The number of rotatable bonds is 4. The molecule has 0 saturated heterocycles. The summed E-state index contributed by atoms with van der Waals surface area (Å²) in [4.78, 5) is 11.9. The molecule has 0 amide bonds. The average Bonchev–Trinajstić information content (AvgIpc) is 2.86. The molecule has 2 heterocycles. The zero-order valence-electron chi connectivity index (χ0n) is 7.38. The van der Waals surface area contributed by atoms with Gasteiger partial charge in [-0.3, -0.25) is 0 Å². The molecule has 6 nitrogen and oxygen atoms in total. The highest BCUT2D eigenvalue weighted by Gasteiger charge is 2.07. The third-order valence-electron chi connectivity index (χ3n) is 1.54. The molecular weight excluding hydrogens is 236 g/mol. The van der Waals surface area contributed by atoms with Crippen molar-refractivity contribution in [3.05, 3.63) is 21.9 Å². The number of tetrazole rings is 1. The molecule has 78 valence electrons. The lowest BCUT2D eigenvalue weighted by molar-refractivity contribution is 0.0702. The van der Waals surface area contributed by atoms with E-state index < -0.39 is 5.97 Å². The number of hydrogen-bond donors (Lipinski definition) is 2. The minimum Gasteiger partial charge on any atom is -0.477 e. The van der Waals surface area contributed by atoms with Crippen molar-refractivity contribution in [2.45, 2.75) is 10.9 Å². The van der Waals surface area contributed by atoms with Crippen molar-refractivity contribution in [2.75, 3.05) is 0 Å². The number of nitrogens with zero attached hydrogens (tertiary/aromatic N) is 3. The van der Waals surface area contributed by atoms with Gasteiger partial charge in [0.25, 0.3) is 0 Å². The summed E-state index contributed by atoms with van der Waals surface area (Å²) in [5, 5.41) is 22.6. The van der Waals surface area contributed by atoms with Gasteiger partial charge in [-0.25, -0.2) is 4.79 Å². The number of carbonyl (C=O) groups is 1. The molecular formula is C7H6N4O2S2. The molecule has 2 aromatic rings. The lowest BCUT2D eigenvalue weighted by Crippen LogP contribution is -1.89. The molecule has 2 N–H and O–H groups in total. The van der Waals surface area contributed by atoms with Gasteiger partial charge < -0.3 is 5.11 Å². The van der Waals surface area contributed by atoms with Crippen molar-refractivity contribution in [3.8, 4) is 0 Å². The Labute approximate surface area is 92.7 Å². The molecule has 2 aromatic heterocycles. The molecule has 2 rings (SSSR count). The van der Waals surface area contributed by atoms with Crippen molar-refractivity contribution in [1.29, 1.82) is 0 Å². The van der Waals surface area contributed by atoms with Crippen LogP contribution in [-0.2, 0) is 5.75 Å². The molecule has 0 bridgehead atoms. The molecule has 0 atom stereocenters. The van der Waals surface area contributed by atoms with E-state index >= 15 is 0 Å². The molecule has 0 aromatic carbocycles. The van der Waals surface area contributed by atoms with Crippen molar-refractivity contribution in [2.24, 2.45) is 0 Å². The molecule has 15 heavy (non-hydrogen) atoms. The van der Waals surface area contributed by atoms with Gasteiger partial charge in [0.1, 0.15) is 4.88 Å². The standard InChI is InChI=1S/C7H6N4O2S2/c12-6(13)5-2-1-4(15-5)3-14-7-8-10-11-9-7/h1-2H,3H2,(H,12,13)(H,8,9,10,11). The second-order valence-electron chi connectivity index (χ2n) is 2.55. The molecule has 0 aliphatic heterocycles. The second kappa shape index (κ2) is 4.41. The lowest BCUT2D eigenvalue weighted by Gasteiger charge is -1.90. The van der Waals surface area contributed by atoms with Crippen molar-refractivity contribution < 1.29 is 9.90 Å². The Morgan fingerprint density at radius 2 is 2.47 bits per heavy atom. The van der Waals surface area contributed by atoms with Crippen molar-refractivity contribution in [3.63, 3.8) is 0 Å². The van der Waals surface area contributed by atoms with Crippen LogP contribution in [0.4, 0.5) is 0 Å². The molecule has 0 fully saturated rings. The Kier molecular flexibility index (Phi) is 2.97. The largest absolute Gasteiger partial charge is 0.477 e. The van der Waals surface area contributed by atoms with Gasteiger partial charge >= 0.3 is 5.97 Å². The first-order valence-corrected chi connectivity index (χ1v) is 5.74. The zero-order valence-corrected chi connectivity index (χ0v) is 9.01. The molecule has 8 heteroatoms. The molecule has 0 radical (unpaired) electrons. The van der Waals surface area contributed by atoms with Crippen LogP contribution in [-0.4, -0.2) is 31.7 Å². The van der Waals surface area contributed by atoms with E-state index in [-0.39, 0.29) is 0 Å². The minimum atomic E-state index is -0.893. The van der Waals surface area contributed by atoms with Gasteiger partial charge in [0.15, 0.2) is 0 Å². The first-order chi connectivity index (χ1) is 7.25. The Bertz CT molecular complexity index is 453. The maximum Gasteiger partial charge on any atom is 0.345 e. The van der Waals surface area contributed by atoms with E-state index in [2.05, 4.69) is 20.6 Å². The quantitative estimate of drug-likeness (QED) is 0.784. The van der Waals surface area contributed by atoms with E-state index in [0.29, 0.717) is 15.8 Å². The molecule has 0 unspecified atom stereocenters. The Morgan fingerprint density at radius 1 is 1.60 bits per heavy atom. The van der Waals surface area contributed by atoms with Crippen LogP contribution in [0.15, 0.2) is 17.3 Å². The molecule has 0 saturated carbocycles. The maximum absolute atomic E-state index is 10.6. The summed E-state index contributed by atoms with van der Waals surface area (Å²) in [7, 11) is 0. The number of H-pyrrole nitrogens is 1. The fourth-order valence-corrected chi connectivity index (χ4v) is 2.55. The number of nitrogens with one attached hydrogen (secondary N) is 1. The monoisotopic (exact) mass is 242 g/mol. The van der Waals surface area contributed by atoms with Gasteiger partial charge in [0.2, 0.25) is 5.16 Å². The van der Waals surface area contributed by atoms with Gasteiger partial charge in [-0.05, 0) is 17.3 Å². The summed E-state index contributed by atoms with van der Waals surface area (Å²) in [6, 6.07) is 3.39. The molecule has 0 aliphatic rings. The van der Waals surface area contributed by atoms with Gasteiger partial charge in [-0.15, -0.1) is 21.5 Å². The minimum absolute atomic E-state index is 0.346. The summed E-state index contributed by atoms with van der Waals surface area (Å²) in [6.07, 6.45) is 0. The molecule has 0 aliphatic carbocycles. The third-order valence-corrected chi connectivity index (χ3v) is 3.68. The van der Waals surface area contributed by atoms with E-state index in [1.165, 1.54) is 23.1 Å². The van der Waals surface area contributed by atoms with Gasteiger partial charge in [0.05, 0.1) is 0 Å². The Morgan fingerprint density at radius 3 is 3.07 bits per heavy atom. The van der Waals surface area contributed by atoms with E-state index in [1.807, 2.05) is 0 Å². The third kappa shape index (κ3) is 2.54. The predicted octanol–water partition coefficient (Wildman–Crippen LogP) is 1.25. The van der Waals surface area contributed by atoms with Crippen molar-refractivity contribution >= 4 is 29.1 Å². The van der Waals surface area contributed by atoms with E-state index in [9.17, 15) is 4.79 Å². The fourth-order valence-electron chi connectivity index (χ4n) is 0.920. The number of carboxylic acids is 1. The number of thioether (sulfide) groups is 1. The van der Waals surface area contributed by atoms with Gasteiger partial charge in [-0.1, -0.05) is 11.8 Å². The van der Waals surface area contributed by atoms with Crippen LogP contribution >= 0.6 is 23.1 Å². The fraction of sp³-hybridized carbons (Fsp3) is 0.143. The smallest absolute Gasteiger partial charge is 0.345 e. The van der Waals surface area contributed by atoms with Crippen LogP contribution in [0.2, 0.25) is 0 Å². The highest BCUT2D eigenvalue weighted by Crippen LogP contribution is 2.24. The van der Waals surface area contributed by atoms with E-state index in [1.54, 1.807) is 12.1 Å². The number of aromatic nitrogens is 4. The Hall–Kier alpha value is -1.41. The summed E-state index contributed by atoms with van der Waals surface area (Å²) >= 11 is 2.66. The van der Waals surface area contributed by atoms with E-state index in [0.717, 1.165) is 4.88 Å². The normalized spacial score (nSPS) is 10.4. The number of aromatic amines is 1. The highest BCUT2D eigenvalue weighted by molar-refractivity contribution is 7.98. The van der Waals surface area contributed by atoms with E-state index in [4.69, 9.17) is 5.11 Å². The highest BCUT2D eigenvalue weighted by atomic mass is 32.2. The second-order valence-corrected chi connectivity index (χ2v) is 4.66.